The van der Waals surface area contributed by atoms with Crippen LogP contribution in [-0.4, -0.2) is 0 Å². The molecule has 0 aliphatic heterocycles. The lowest BCUT2D eigenvalue weighted by Gasteiger charge is -2.34. The minimum Gasteiger partial charge on any atom is -0.454 e. The topological polar surface area (TPSA) is 16.4 Å². The Balaban J connectivity index is 0.913. The molecule has 15 rings (SSSR count). The van der Waals surface area contributed by atoms with Crippen LogP contribution in [-0.2, 0) is 10.8 Å². The lowest BCUT2D eigenvalue weighted by molar-refractivity contribution is 0.669. The number of fused-ring (bicyclic) bond motifs is 9. The third-order valence-electron chi connectivity index (χ3n) is 16.4. The summed E-state index contributed by atoms with van der Waals surface area (Å²) in [6, 6.07) is 109. The average molecular weight is 968 g/mol. The zero-order valence-corrected chi connectivity index (χ0v) is 41.6. The maximum atomic E-state index is 6.87. The number of nitrogens with zero attached hydrogens (tertiary/aromatic N) is 1. The summed E-state index contributed by atoms with van der Waals surface area (Å²) >= 11 is 0. The lowest BCUT2D eigenvalue weighted by Crippen LogP contribution is -2.28. The van der Waals surface area contributed by atoms with Gasteiger partial charge in [-0.05, 0) is 138 Å². The van der Waals surface area contributed by atoms with Crippen LogP contribution in [0.3, 0.4) is 0 Å². The Bertz CT molecular complexity index is 4040. The van der Waals surface area contributed by atoms with Crippen LogP contribution in [0.25, 0.3) is 66.4 Å². The second-order valence-electron chi connectivity index (χ2n) is 20.3. The number of rotatable bonds is 9. The molecule has 1 heterocycles. The van der Waals surface area contributed by atoms with Crippen LogP contribution < -0.4 is 4.90 Å². The summed E-state index contributed by atoms with van der Waals surface area (Å²) in [5.41, 5.74) is 23.5. The van der Waals surface area contributed by atoms with Crippen LogP contribution in [0.1, 0.15) is 44.5 Å². The summed E-state index contributed by atoms with van der Waals surface area (Å²) in [4.78, 5) is 2.39. The van der Waals surface area contributed by atoms with Crippen molar-refractivity contribution in [2.45, 2.75) is 10.8 Å². The molecule has 0 amide bonds. The second kappa shape index (κ2) is 17.4. The first-order valence-electron chi connectivity index (χ1n) is 26.3. The van der Waals surface area contributed by atoms with Crippen molar-refractivity contribution >= 4 is 39.0 Å². The fourth-order valence-corrected chi connectivity index (χ4v) is 13.2. The molecule has 76 heavy (non-hydrogen) atoms. The largest absolute Gasteiger partial charge is 0.454 e. The Hall–Kier alpha value is -9.76. The SMILES string of the molecule is c1ccc(C2(c3ccccc3)c3ccccc3-c3ccc(-c4cccc(N(c5cccc(-c6ccc7c(c6)C(c6ccccc6)(c6ccccc6)c6ccccc6-7)c5)c5cccc6c5oc5ccccc56)c4)cc32)cc1. The van der Waals surface area contributed by atoms with E-state index < -0.39 is 10.8 Å². The van der Waals surface area contributed by atoms with Crippen molar-refractivity contribution in [1.29, 1.82) is 0 Å². The highest BCUT2D eigenvalue weighted by Gasteiger charge is 2.47. The van der Waals surface area contributed by atoms with Crippen molar-refractivity contribution in [2.75, 3.05) is 4.90 Å². The highest BCUT2D eigenvalue weighted by atomic mass is 16.3. The number of hydrogen-bond donors (Lipinski definition) is 0. The van der Waals surface area contributed by atoms with Crippen LogP contribution >= 0.6 is 0 Å². The van der Waals surface area contributed by atoms with E-state index in [2.05, 4.69) is 296 Å². The van der Waals surface area contributed by atoms with Crippen molar-refractivity contribution in [3.8, 4) is 44.5 Å². The minimum absolute atomic E-state index is 0.506. The highest BCUT2D eigenvalue weighted by Crippen LogP contribution is 2.59. The number of benzene rings is 12. The maximum Gasteiger partial charge on any atom is 0.159 e. The maximum absolute atomic E-state index is 6.87. The monoisotopic (exact) mass is 967 g/mol. The van der Waals surface area contributed by atoms with Gasteiger partial charge in [0.05, 0.1) is 16.5 Å². The van der Waals surface area contributed by atoms with E-state index in [0.29, 0.717) is 0 Å². The average Bonchev–Trinajstić information content (AvgIpc) is 4.15. The Kier molecular flexibility index (Phi) is 10.0. The Morgan fingerprint density at radius 1 is 0.263 bits per heavy atom. The van der Waals surface area contributed by atoms with E-state index in [0.717, 1.165) is 61.3 Å². The van der Waals surface area contributed by atoms with E-state index in [9.17, 15) is 0 Å². The van der Waals surface area contributed by atoms with E-state index >= 15 is 0 Å². The fraction of sp³-hybridized carbons (Fsp3) is 0.0270. The third-order valence-corrected chi connectivity index (χ3v) is 16.4. The molecule has 356 valence electrons. The molecular weight excluding hydrogens is 919 g/mol. The summed E-state index contributed by atoms with van der Waals surface area (Å²) in [7, 11) is 0. The first-order valence-corrected chi connectivity index (χ1v) is 26.3. The van der Waals surface area contributed by atoms with Crippen molar-refractivity contribution in [3.63, 3.8) is 0 Å². The van der Waals surface area contributed by atoms with E-state index in [4.69, 9.17) is 4.42 Å². The summed E-state index contributed by atoms with van der Waals surface area (Å²) in [6.07, 6.45) is 0. The van der Waals surface area contributed by atoms with Crippen molar-refractivity contribution < 1.29 is 4.42 Å². The van der Waals surface area contributed by atoms with E-state index in [1.807, 2.05) is 6.07 Å². The van der Waals surface area contributed by atoms with Gasteiger partial charge in [-0.1, -0.05) is 249 Å². The van der Waals surface area contributed by atoms with Gasteiger partial charge in [0.1, 0.15) is 5.58 Å². The first-order chi connectivity index (χ1) is 37.7. The van der Waals surface area contributed by atoms with Crippen molar-refractivity contribution in [3.05, 3.63) is 342 Å². The minimum atomic E-state index is -0.506. The van der Waals surface area contributed by atoms with Gasteiger partial charge in [0.15, 0.2) is 5.58 Å². The molecule has 0 fully saturated rings. The molecule has 0 saturated heterocycles. The van der Waals surface area contributed by atoms with Gasteiger partial charge in [-0.25, -0.2) is 0 Å². The second-order valence-corrected chi connectivity index (χ2v) is 20.3. The Morgan fingerprint density at radius 2 is 0.645 bits per heavy atom. The van der Waals surface area contributed by atoms with E-state index in [1.54, 1.807) is 0 Å². The van der Waals surface area contributed by atoms with Gasteiger partial charge < -0.3 is 9.32 Å². The zero-order chi connectivity index (χ0) is 50.2. The zero-order valence-electron chi connectivity index (χ0n) is 41.6. The fourth-order valence-electron chi connectivity index (χ4n) is 13.2. The molecule has 1 aromatic heterocycles. The van der Waals surface area contributed by atoms with Crippen LogP contribution in [0.5, 0.6) is 0 Å². The molecule has 13 aromatic rings. The predicted molar refractivity (Wildman–Crippen MR) is 314 cm³/mol. The van der Waals surface area contributed by atoms with Gasteiger partial charge in [-0.2, -0.15) is 0 Å². The van der Waals surface area contributed by atoms with Crippen LogP contribution in [0.15, 0.2) is 302 Å². The van der Waals surface area contributed by atoms with Gasteiger partial charge in [0.25, 0.3) is 0 Å². The van der Waals surface area contributed by atoms with Crippen LogP contribution in [0.2, 0.25) is 0 Å². The molecule has 2 aliphatic rings. The molecule has 0 atom stereocenters. The van der Waals surface area contributed by atoms with E-state index in [-0.39, 0.29) is 0 Å². The molecule has 2 nitrogen and oxygen atoms in total. The third kappa shape index (κ3) is 6.47. The van der Waals surface area contributed by atoms with Gasteiger partial charge in [0.2, 0.25) is 0 Å². The molecule has 2 aliphatic carbocycles. The molecule has 12 aromatic carbocycles. The molecule has 0 N–H and O–H groups in total. The summed E-state index contributed by atoms with van der Waals surface area (Å²) in [6.45, 7) is 0. The quantitative estimate of drug-likeness (QED) is 0.143. The van der Waals surface area contributed by atoms with E-state index in [1.165, 1.54) is 66.8 Å². The van der Waals surface area contributed by atoms with Crippen molar-refractivity contribution in [2.24, 2.45) is 0 Å². The van der Waals surface area contributed by atoms with Crippen LogP contribution in [0, 0.1) is 0 Å². The predicted octanol–water partition coefficient (Wildman–Crippen LogP) is 19.1. The standard InChI is InChI=1S/C74H49NO/c1-5-24-54(25-6-1)73(55-26-7-2-8-27-55)66-38-16-13-34-60(66)62-44-42-52(48-68(62)73)50-22-19-32-58(46-50)75(70-40-21-37-65-64-36-15-18-41-71(64)76-72(65)70)59-33-20-23-51(47-59)53-43-45-63-61-35-14-17-39-67(61)74(69(63)49-53,56-28-9-3-10-29-56)57-30-11-4-12-31-57/h1-49H. The molecule has 0 radical (unpaired) electrons. The summed E-state index contributed by atoms with van der Waals surface area (Å²) < 4.78 is 6.87. The summed E-state index contributed by atoms with van der Waals surface area (Å²) in [5.74, 6) is 0. The van der Waals surface area contributed by atoms with Crippen molar-refractivity contribution in [1.82, 2.24) is 0 Å². The van der Waals surface area contributed by atoms with Gasteiger partial charge >= 0.3 is 0 Å². The number of para-hydroxylation sites is 2. The van der Waals surface area contributed by atoms with Gasteiger partial charge in [-0.3, -0.25) is 0 Å². The highest BCUT2D eigenvalue weighted by molar-refractivity contribution is 6.10. The molecule has 2 heteroatoms. The number of furan rings is 1. The molecule has 0 unspecified atom stereocenters. The molecule has 0 bridgehead atoms. The Morgan fingerprint density at radius 3 is 1.13 bits per heavy atom. The molecular formula is C74H49NO. The first kappa shape index (κ1) is 43.8. The van der Waals surface area contributed by atoms with Gasteiger partial charge in [0, 0.05) is 22.1 Å². The normalized spacial score (nSPS) is 13.5. The smallest absolute Gasteiger partial charge is 0.159 e. The summed E-state index contributed by atoms with van der Waals surface area (Å²) in [5, 5.41) is 2.18. The number of hydrogen-bond acceptors (Lipinski definition) is 2. The molecule has 0 spiro atoms. The van der Waals surface area contributed by atoms with Gasteiger partial charge in [-0.15, -0.1) is 0 Å². The lowest BCUT2D eigenvalue weighted by atomic mass is 9.67. The molecule has 0 saturated carbocycles. The number of anilines is 3. The van der Waals surface area contributed by atoms with Crippen LogP contribution in [0.4, 0.5) is 17.1 Å². The Labute approximate surface area is 443 Å².